The van der Waals surface area contributed by atoms with Gasteiger partial charge in [0.1, 0.15) is 0 Å². The second-order valence-electron chi connectivity index (χ2n) is 5.01. The lowest BCUT2D eigenvalue weighted by molar-refractivity contribution is -0.147. The van der Waals surface area contributed by atoms with E-state index in [1.54, 1.807) is 0 Å². The Morgan fingerprint density at radius 2 is 1.87 bits per heavy atom. The third-order valence-electron chi connectivity index (χ3n) is 4.08. The Kier molecular flexibility index (Phi) is 3.60. The lowest BCUT2D eigenvalue weighted by Crippen LogP contribution is -2.41. The summed E-state index contributed by atoms with van der Waals surface area (Å²) in [6.07, 6.45) is 8.28. The summed E-state index contributed by atoms with van der Waals surface area (Å²) >= 11 is 1.97. The zero-order valence-electron chi connectivity index (χ0n) is 9.21. The highest BCUT2D eigenvalue weighted by Crippen LogP contribution is 2.48. The fourth-order valence-corrected chi connectivity index (χ4v) is 4.64. The molecule has 86 valence electrons. The lowest BCUT2D eigenvalue weighted by Gasteiger charge is -2.41. The molecule has 0 radical (unpaired) electrons. The number of carboxylic acid groups (broad SMARTS) is 1. The topological polar surface area (TPSA) is 37.3 Å². The van der Waals surface area contributed by atoms with Gasteiger partial charge >= 0.3 is 5.97 Å². The predicted molar refractivity (Wildman–Crippen MR) is 63.2 cm³/mol. The van der Waals surface area contributed by atoms with Gasteiger partial charge in [0.05, 0.1) is 5.92 Å². The number of hydrogen-bond acceptors (Lipinski definition) is 2. The molecule has 3 heteroatoms. The number of thioether (sulfide) groups is 1. The van der Waals surface area contributed by atoms with Crippen LogP contribution >= 0.6 is 11.8 Å². The maximum Gasteiger partial charge on any atom is 0.307 e. The van der Waals surface area contributed by atoms with Crippen LogP contribution in [0.25, 0.3) is 0 Å². The molecule has 0 amide bonds. The van der Waals surface area contributed by atoms with Crippen molar-refractivity contribution < 1.29 is 9.90 Å². The van der Waals surface area contributed by atoms with Gasteiger partial charge in [0.25, 0.3) is 0 Å². The molecule has 0 aromatic carbocycles. The summed E-state index contributed by atoms with van der Waals surface area (Å²) in [6, 6.07) is 0. The van der Waals surface area contributed by atoms with Crippen LogP contribution in [0.1, 0.15) is 44.9 Å². The zero-order chi connectivity index (χ0) is 10.7. The van der Waals surface area contributed by atoms with Crippen LogP contribution in [0, 0.1) is 11.3 Å². The summed E-state index contributed by atoms with van der Waals surface area (Å²) in [5.74, 6) is 1.52. The van der Waals surface area contributed by atoms with Crippen molar-refractivity contribution in [3.8, 4) is 0 Å². The van der Waals surface area contributed by atoms with E-state index in [9.17, 15) is 9.90 Å². The first-order chi connectivity index (χ1) is 7.25. The summed E-state index contributed by atoms with van der Waals surface area (Å²) in [7, 11) is 0. The second-order valence-corrected chi connectivity index (χ2v) is 6.11. The van der Waals surface area contributed by atoms with Crippen molar-refractivity contribution in [1.82, 2.24) is 0 Å². The highest BCUT2D eigenvalue weighted by Gasteiger charge is 2.44. The average molecular weight is 228 g/mol. The van der Waals surface area contributed by atoms with Crippen LogP contribution in [0.15, 0.2) is 0 Å². The molecule has 1 atom stereocenters. The SMILES string of the molecule is O=C(O)C1CCSCC12CCCCCC2. The largest absolute Gasteiger partial charge is 0.481 e. The first-order valence-corrected chi connectivity index (χ1v) is 7.21. The van der Waals surface area contributed by atoms with Crippen LogP contribution in [0.5, 0.6) is 0 Å². The monoisotopic (exact) mass is 228 g/mol. The molecule has 0 aromatic rings. The van der Waals surface area contributed by atoms with Gasteiger partial charge in [-0.15, -0.1) is 0 Å². The van der Waals surface area contributed by atoms with Crippen molar-refractivity contribution >= 4 is 17.7 Å². The Bertz CT molecular complexity index is 232. The Labute approximate surface area is 95.8 Å². The molecular weight excluding hydrogens is 208 g/mol. The van der Waals surface area contributed by atoms with Crippen LogP contribution in [-0.4, -0.2) is 22.6 Å². The van der Waals surface area contributed by atoms with Crippen molar-refractivity contribution in [3.63, 3.8) is 0 Å². The molecule has 2 nitrogen and oxygen atoms in total. The van der Waals surface area contributed by atoms with Crippen LogP contribution < -0.4 is 0 Å². The molecule has 0 aromatic heterocycles. The fraction of sp³-hybridized carbons (Fsp3) is 0.917. The van der Waals surface area contributed by atoms with E-state index in [2.05, 4.69) is 0 Å². The third-order valence-corrected chi connectivity index (χ3v) is 5.38. The van der Waals surface area contributed by atoms with Gasteiger partial charge in [-0.3, -0.25) is 4.79 Å². The summed E-state index contributed by atoms with van der Waals surface area (Å²) in [5, 5.41) is 9.34. The normalized spacial score (nSPS) is 31.1. The van der Waals surface area contributed by atoms with Crippen molar-refractivity contribution in [2.45, 2.75) is 44.9 Å². The molecule has 2 rings (SSSR count). The summed E-state index contributed by atoms with van der Waals surface area (Å²) in [4.78, 5) is 11.3. The minimum atomic E-state index is -0.544. The maximum atomic E-state index is 11.3. The molecule has 1 heterocycles. The smallest absolute Gasteiger partial charge is 0.307 e. The van der Waals surface area contributed by atoms with E-state index in [1.807, 2.05) is 11.8 Å². The van der Waals surface area contributed by atoms with Gasteiger partial charge in [0.15, 0.2) is 0 Å². The van der Waals surface area contributed by atoms with E-state index in [0.717, 1.165) is 30.8 Å². The third kappa shape index (κ3) is 2.32. The molecule has 2 aliphatic rings. The molecule has 0 bridgehead atoms. The molecule has 1 N–H and O–H groups in total. The molecule has 1 aliphatic carbocycles. The van der Waals surface area contributed by atoms with E-state index < -0.39 is 5.97 Å². The van der Waals surface area contributed by atoms with Gasteiger partial charge in [-0.1, -0.05) is 25.7 Å². The van der Waals surface area contributed by atoms with Crippen LogP contribution in [0.2, 0.25) is 0 Å². The summed E-state index contributed by atoms with van der Waals surface area (Å²) in [6.45, 7) is 0. The Morgan fingerprint density at radius 1 is 1.20 bits per heavy atom. The standard InChI is InChI=1S/C12H20O2S/c13-11(14)10-5-8-15-9-12(10)6-3-1-2-4-7-12/h10H,1-9H2,(H,13,14). The Hall–Kier alpha value is -0.180. The van der Waals surface area contributed by atoms with Crippen molar-refractivity contribution in [1.29, 1.82) is 0 Å². The van der Waals surface area contributed by atoms with E-state index in [-0.39, 0.29) is 11.3 Å². The molecule has 1 saturated carbocycles. The zero-order valence-corrected chi connectivity index (χ0v) is 10.0. The minimum Gasteiger partial charge on any atom is -0.481 e. The Morgan fingerprint density at radius 3 is 2.47 bits per heavy atom. The van der Waals surface area contributed by atoms with Gasteiger partial charge in [0.2, 0.25) is 0 Å². The van der Waals surface area contributed by atoms with Crippen molar-refractivity contribution in [3.05, 3.63) is 0 Å². The van der Waals surface area contributed by atoms with Gasteiger partial charge in [-0.05, 0) is 36.2 Å². The number of carbonyl (C=O) groups is 1. The van der Waals surface area contributed by atoms with Crippen LogP contribution in [0.3, 0.4) is 0 Å². The number of hydrogen-bond donors (Lipinski definition) is 1. The minimum absolute atomic E-state index is 0.0585. The van der Waals surface area contributed by atoms with Crippen molar-refractivity contribution in [2.75, 3.05) is 11.5 Å². The first-order valence-electron chi connectivity index (χ1n) is 6.05. The van der Waals surface area contributed by atoms with Crippen molar-refractivity contribution in [2.24, 2.45) is 11.3 Å². The van der Waals surface area contributed by atoms with Crippen LogP contribution in [-0.2, 0) is 4.79 Å². The predicted octanol–water partition coefficient (Wildman–Crippen LogP) is 3.16. The van der Waals surface area contributed by atoms with E-state index in [1.165, 1.54) is 25.7 Å². The highest BCUT2D eigenvalue weighted by molar-refractivity contribution is 7.99. The average Bonchev–Trinajstić information content (AvgIpc) is 2.45. The quantitative estimate of drug-likeness (QED) is 0.749. The van der Waals surface area contributed by atoms with E-state index >= 15 is 0 Å². The molecular formula is C12H20O2S. The summed E-state index contributed by atoms with van der Waals surface area (Å²) < 4.78 is 0. The Balaban J connectivity index is 2.15. The van der Waals surface area contributed by atoms with Gasteiger partial charge < -0.3 is 5.11 Å². The molecule has 2 fully saturated rings. The van der Waals surface area contributed by atoms with Gasteiger partial charge in [-0.2, -0.15) is 11.8 Å². The fourth-order valence-electron chi connectivity index (χ4n) is 3.19. The second kappa shape index (κ2) is 4.77. The van der Waals surface area contributed by atoms with Gasteiger partial charge in [-0.25, -0.2) is 0 Å². The lowest BCUT2D eigenvalue weighted by atomic mass is 9.70. The van der Waals surface area contributed by atoms with E-state index in [0.29, 0.717) is 0 Å². The number of carboxylic acids is 1. The molecule has 15 heavy (non-hydrogen) atoms. The number of aliphatic carboxylic acids is 1. The molecule has 1 saturated heterocycles. The van der Waals surface area contributed by atoms with Crippen LogP contribution in [0.4, 0.5) is 0 Å². The number of rotatable bonds is 1. The molecule has 1 aliphatic heterocycles. The highest BCUT2D eigenvalue weighted by atomic mass is 32.2. The molecule has 1 unspecified atom stereocenters. The van der Waals surface area contributed by atoms with Gasteiger partial charge in [0, 0.05) is 0 Å². The molecule has 1 spiro atoms. The summed E-state index contributed by atoms with van der Waals surface area (Å²) in [5.41, 5.74) is 0.144. The first kappa shape index (κ1) is 11.3. The van der Waals surface area contributed by atoms with E-state index in [4.69, 9.17) is 0 Å². The maximum absolute atomic E-state index is 11.3.